The molecule has 1 N–H and O–H groups in total. The van der Waals surface area contributed by atoms with E-state index in [-0.39, 0.29) is 0 Å². The third-order valence-corrected chi connectivity index (χ3v) is 6.00. The molecule has 1 fully saturated rings. The summed E-state index contributed by atoms with van der Waals surface area (Å²) in [6.45, 7) is 6.07. The number of piperazine rings is 1. The molecule has 1 saturated heterocycles. The zero-order valence-electron chi connectivity index (χ0n) is 15.9. The van der Waals surface area contributed by atoms with Gasteiger partial charge in [-0.15, -0.1) is 0 Å². The number of hydrogen-bond acceptors (Lipinski definition) is 6. The number of likely N-dealkylation sites (N-methyl/N-ethyl adjacent to an activating group) is 1. The van der Waals surface area contributed by atoms with E-state index in [1.165, 1.54) is 5.69 Å². The first-order valence-electron chi connectivity index (χ1n) is 9.68. The van der Waals surface area contributed by atoms with Crippen molar-refractivity contribution in [2.75, 3.05) is 61.4 Å². The van der Waals surface area contributed by atoms with Gasteiger partial charge in [0.25, 0.3) is 0 Å². The van der Waals surface area contributed by atoms with Gasteiger partial charge in [-0.3, -0.25) is 4.99 Å². The molecule has 0 unspecified atom stereocenters. The molecular weight excluding hydrogens is 416 g/mol. The van der Waals surface area contributed by atoms with E-state index in [0.29, 0.717) is 0 Å². The number of halogens is 1. The lowest BCUT2D eigenvalue weighted by Gasteiger charge is -2.34. The molecule has 7 heteroatoms. The van der Waals surface area contributed by atoms with Crippen LogP contribution < -0.4 is 15.1 Å². The van der Waals surface area contributed by atoms with Crippen LogP contribution in [0.25, 0.3) is 0 Å². The summed E-state index contributed by atoms with van der Waals surface area (Å²) >= 11 is 3.56. The van der Waals surface area contributed by atoms with Crippen LogP contribution in [0.1, 0.15) is 0 Å². The normalized spacial score (nSPS) is 19.1. The highest BCUT2D eigenvalue weighted by atomic mass is 79.9. The lowest BCUT2D eigenvalue weighted by molar-refractivity contribution is 0.313. The first-order chi connectivity index (χ1) is 13.7. The fourth-order valence-corrected chi connectivity index (χ4v) is 4.25. The smallest absolute Gasteiger partial charge is 0.174 e. The van der Waals surface area contributed by atoms with Crippen LogP contribution in [0.5, 0.6) is 0 Å². The van der Waals surface area contributed by atoms with Crippen molar-refractivity contribution in [1.82, 2.24) is 4.90 Å². The molecule has 28 heavy (non-hydrogen) atoms. The summed E-state index contributed by atoms with van der Waals surface area (Å²) < 4.78 is 1.06. The number of nitrogens with zero attached hydrogens (tertiary/aromatic N) is 5. The first-order valence-corrected chi connectivity index (χ1v) is 10.5. The predicted molar refractivity (Wildman–Crippen MR) is 121 cm³/mol. The van der Waals surface area contributed by atoms with Crippen LogP contribution in [0.15, 0.2) is 56.9 Å². The Labute approximate surface area is 173 Å². The highest BCUT2D eigenvalue weighted by Gasteiger charge is 2.29. The van der Waals surface area contributed by atoms with E-state index in [4.69, 9.17) is 4.99 Å². The Morgan fingerprint density at radius 2 is 1.75 bits per heavy atom. The third kappa shape index (κ3) is 3.29. The fraction of sp³-hybridized carbons (Fsp3) is 0.333. The van der Waals surface area contributed by atoms with Crippen molar-refractivity contribution in [1.29, 1.82) is 0 Å². The Bertz CT molecular complexity index is 944. The predicted octanol–water partition coefficient (Wildman–Crippen LogP) is 3.58. The van der Waals surface area contributed by atoms with Gasteiger partial charge < -0.3 is 20.0 Å². The standard InChI is InChI=1S/C21H23BrN6/c1-26-10-12-27(13-11-26)17-5-3-16(4-6-17)24-20-21-23-8-9-28(21)19-14-15(22)2-7-18(19)25-20/h2-7,14H,8-13H2,1H3,(H,24,25). The Morgan fingerprint density at radius 1 is 0.964 bits per heavy atom. The zero-order valence-corrected chi connectivity index (χ0v) is 17.5. The maximum atomic E-state index is 4.84. The topological polar surface area (TPSA) is 46.5 Å². The molecule has 2 aromatic carbocycles. The Balaban J connectivity index is 1.37. The van der Waals surface area contributed by atoms with Crippen LogP contribution in [0.3, 0.4) is 0 Å². The maximum absolute atomic E-state index is 4.84. The number of amidine groups is 2. The number of aliphatic imine (C=N–C) groups is 2. The van der Waals surface area contributed by atoms with Crippen molar-refractivity contribution in [2.45, 2.75) is 0 Å². The molecule has 0 bridgehead atoms. The molecule has 3 heterocycles. The molecule has 0 aliphatic carbocycles. The summed E-state index contributed by atoms with van der Waals surface area (Å²) in [5.41, 5.74) is 4.40. The number of nitrogens with one attached hydrogen (secondary N) is 1. The second-order valence-corrected chi connectivity index (χ2v) is 8.33. The number of anilines is 3. The highest BCUT2D eigenvalue weighted by molar-refractivity contribution is 9.10. The summed E-state index contributed by atoms with van der Waals surface area (Å²) in [5.74, 6) is 1.74. The summed E-state index contributed by atoms with van der Waals surface area (Å²) in [6.07, 6.45) is 0. The van der Waals surface area contributed by atoms with Gasteiger partial charge in [0.2, 0.25) is 0 Å². The van der Waals surface area contributed by atoms with Crippen molar-refractivity contribution in [3.63, 3.8) is 0 Å². The van der Waals surface area contributed by atoms with Crippen LogP contribution in [0.2, 0.25) is 0 Å². The zero-order chi connectivity index (χ0) is 19.1. The maximum Gasteiger partial charge on any atom is 0.174 e. The third-order valence-electron chi connectivity index (χ3n) is 5.51. The molecule has 0 atom stereocenters. The SMILES string of the molecule is CN1CCN(c2ccc(NC3=Nc4ccc(Br)cc4N4CCN=C34)cc2)CC1. The molecule has 5 rings (SSSR count). The van der Waals surface area contributed by atoms with Gasteiger partial charge in [-0.2, -0.15) is 0 Å². The minimum absolute atomic E-state index is 0.796. The van der Waals surface area contributed by atoms with E-state index < -0.39 is 0 Å². The Hall–Kier alpha value is -2.38. The molecule has 0 radical (unpaired) electrons. The monoisotopic (exact) mass is 438 g/mol. The molecule has 3 aliphatic rings. The van der Waals surface area contributed by atoms with Gasteiger partial charge in [0.15, 0.2) is 11.7 Å². The lowest BCUT2D eigenvalue weighted by Crippen LogP contribution is -2.44. The molecule has 0 amide bonds. The Kier molecular flexibility index (Phi) is 4.56. The largest absolute Gasteiger partial charge is 0.369 e. The lowest BCUT2D eigenvalue weighted by atomic mass is 10.2. The molecule has 3 aliphatic heterocycles. The molecule has 144 valence electrons. The van der Waals surface area contributed by atoms with Crippen LogP contribution >= 0.6 is 15.9 Å². The molecule has 2 aromatic rings. The minimum atomic E-state index is 0.796. The van der Waals surface area contributed by atoms with Gasteiger partial charge in [-0.05, 0) is 49.5 Å². The van der Waals surface area contributed by atoms with Crippen LogP contribution in [-0.4, -0.2) is 62.9 Å². The van der Waals surface area contributed by atoms with Crippen LogP contribution in [0.4, 0.5) is 22.7 Å². The second-order valence-electron chi connectivity index (χ2n) is 7.41. The molecule has 0 aromatic heterocycles. The summed E-state index contributed by atoms with van der Waals surface area (Å²) in [5, 5.41) is 3.48. The molecule has 0 saturated carbocycles. The fourth-order valence-electron chi connectivity index (χ4n) is 3.90. The quantitative estimate of drug-likeness (QED) is 0.778. The van der Waals surface area contributed by atoms with Crippen molar-refractivity contribution >= 4 is 50.4 Å². The average Bonchev–Trinajstić information content (AvgIpc) is 3.20. The van der Waals surface area contributed by atoms with E-state index in [0.717, 1.165) is 72.5 Å². The molecule has 6 nitrogen and oxygen atoms in total. The van der Waals surface area contributed by atoms with Gasteiger partial charge in [-0.25, -0.2) is 4.99 Å². The summed E-state index contributed by atoms with van der Waals surface area (Å²) in [6, 6.07) is 14.8. The van der Waals surface area contributed by atoms with Crippen molar-refractivity contribution < 1.29 is 0 Å². The van der Waals surface area contributed by atoms with Crippen molar-refractivity contribution in [2.24, 2.45) is 9.98 Å². The highest BCUT2D eigenvalue weighted by Crippen LogP contribution is 2.36. The van der Waals surface area contributed by atoms with E-state index in [9.17, 15) is 0 Å². The summed E-state index contributed by atoms with van der Waals surface area (Å²) in [4.78, 5) is 16.6. The number of benzene rings is 2. The van der Waals surface area contributed by atoms with E-state index in [1.54, 1.807) is 0 Å². The number of rotatable bonds is 2. The van der Waals surface area contributed by atoms with Gasteiger partial charge >= 0.3 is 0 Å². The van der Waals surface area contributed by atoms with Crippen molar-refractivity contribution in [3.05, 3.63) is 46.9 Å². The van der Waals surface area contributed by atoms with E-state index >= 15 is 0 Å². The van der Waals surface area contributed by atoms with Crippen LogP contribution in [0, 0.1) is 0 Å². The summed E-state index contributed by atoms with van der Waals surface area (Å²) in [7, 11) is 2.18. The Morgan fingerprint density at radius 3 is 2.54 bits per heavy atom. The number of hydrogen-bond donors (Lipinski definition) is 1. The van der Waals surface area contributed by atoms with Crippen molar-refractivity contribution in [3.8, 4) is 0 Å². The number of fused-ring (bicyclic) bond motifs is 3. The van der Waals surface area contributed by atoms with Gasteiger partial charge in [0.05, 0.1) is 17.9 Å². The molecular formula is C21H23BrN6. The van der Waals surface area contributed by atoms with E-state index in [1.807, 2.05) is 12.1 Å². The van der Waals surface area contributed by atoms with Crippen LogP contribution in [-0.2, 0) is 0 Å². The molecule has 0 spiro atoms. The van der Waals surface area contributed by atoms with Gasteiger partial charge in [0, 0.05) is 48.6 Å². The van der Waals surface area contributed by atoms with Gasteiger partial charge in [0.1, 0.15) is 0 Å². The first kappa shape index (κ1) is 17.7. The van der Waals surface area contributed by atoms with E-state index in [2.05, 4.69) is 78.3 Å². The van der Waals surface area contributed by atoms with Gasteiger partial charge in [-0.1, -0.05) is 15.9 Å². The second kappa shape index (κ2) is 7.22. The minimum Gasteiger partial charge on any atom is -0.369 e. The average molecular weight is 439 g/mol.